The van der Waals surface area contributed by atoms with E-state index in [1.807, 2.05) is 42.6 Å². The zero-order valence-corrected chi connectivity index (χ0v) is 17.8. The first kappa shape index (κ1) is 19.6. The quantitative estimate of drug-likeness (QED) is 0.515. The fourth-order valence-corrected chi connectivity index (χ4v) is 4.63. The number of halogens is 1. The number of thiazole rings is 1. The van der Waals surface area contributed by atoms with Crippen LogP contribution in [0.15, 0.2) is 54.7 Å². The van der Waals surface area contributed by atoms with Crippen LogP contribution in [-0.4, -0.2) is 27.5 Å². The molecule has 0 spiro atoms. The summed E-state index contributed by atoms with van der Waals surface area (Å²) in [7, 11) is 0. The number of ether oxygens (including phenoxy) is 2. The monoisotopic (exact) mass is 437 g/mol. The Labute approximate surface area is 182 Å². The molecule has 1 N–H and O–H groups in total. The van der Waals surface area contributed by atoms with Crippen molar-refractivity contribution in [3.05, 3.63) is 71.1 Å². The number of nitrogens with zero attached hydrogens (tertiary/aromatic N) is 2. The minimum absolute atomic E-state index is 0.223. The van der Waals surface area contributed by atoms with E-state index in [2.05, 4.69) is 10.3 Å². The van der Waals surface area contributed by atoms with E-state index in [1.165, 1.54) is 23.5 Å². The highest BCUT2D eigenvalue weighted by Crippen LogP contribution is 2.33. The summed E-state index contributed by atoms with van der Waals surface area (Å²) in [5.41, 5.74) is 2.64. The molecule has 0 saturated carbocycles. The molecule has 31 heavy (non-hydrogen) atoms. The number of carbonyl (C=O) groups is 1. The number of amides is 1. The summed E-state index contributed by atoms with van der Waals surface area (Å²) in [5.74, 6) is 0.717. The molecule has 0 unspecified atom stereocenters. The van der Waals surface area contributed by atoms with Crippen molar-refractivity contribution in [1.29, 1.82) is 0 Å². The molecule has 2 aromatic heterocycles. The molecule has 1 aliphatic heterocycles. The molecular weight excluding hydrogens is 417 g/mol. The summed E-state index contributed by atoms with van der Waals surface area (Å²) in [5, 5.41) is 2.96. The second kappa shape index (κ2) is 7.70. The molecule has 0 bridgehead atoms. The molecule has 0 saturated heterocycles. The smallest absolute Gasteiger partial charge is 0.265 e. The second-order valence-electron chi connectivity index (χ2n) is 7.42. The van der Waals surface area contributed by atoms with Gasteiger partial charge in [0.15, 0.2) is 16.5 Å². The Kier molecular flexibility index (Phi) is 4.86. The van der Waals surface area contributed by atoms with Crippen molar-refractivity contribution in [3.63, 3.8) is 0 Å². The van der Waals surface area contributed by atoms with E-state index in [0.717, 1.165) is 26.8 Å². The lowest BCUT2D eigenvalue weighted by Gasteiger charge is -2.30. The maximum atomic E-state index is 13.2. The lowest BCUT2D eigenvalue weighted by molar-refractivity contribution is -0.133. The minimum Gasteiger partial charge on any atom is -0.482 e. The summed E-state index contributed by atoms with van der Waals surface area (Å²) < 4.78 is 26.8. The summed E-state index contributed by atoms with van der Waals surface area (Å²) in [4.78, 5) is 19.2. The average Bonchev–Trinajstić information content (AvgIpc) is 3.31. The Morgan fingerprint density at radius 1 is 1.16 bits per heavy atom. The molecule has 0 aliphatic carbocycles. The van der Waals surface area contributed by atoms with Crippen LogP contribution < -0.4 is 14.8 Å². The Balaban J connectivity index is 1.30. The molecule has 1 amide bonds. The summed E-state index contributed by atoms with van der Waals surface area (Å²) in [6.07, 6.45) is 0.816. The van der Waals surface area contributed by atoms with Crippen LogP contribution in [0.5, 0.6) is 11.5 Å². The van der Waals surface area contributed by atoms with Gasteiger partial charge in [0.2, 0.25) is 6.10 Å². The van der Waals surface area contributed by atoms with Gasteiger partial charge in [-0.3, -0.25) is 9.20 Å². The van der Waals surface area contributed by atoms with E-state index in [1.54, 1.807) is 18.2 Å². The van der Waals surface area contributed by atoms with Crippen LogP contribution in [0.4, 0.5) is 4.39 Å². The first-order chi connectivity index (χ1) is 15.0. The third-order valence-electron chi connectivity index (χ3n) is 5.32. The fraction of sp³-hybridized carbons (Fsp3) is 0.217. The van der Waals surface area contributed by atoms with Gasteiger partial charge in [-0.15, -0.1) is 0 Å². The first-order valence-electron chi connectivity index (χ1n) is 9.93. The van der Waals surface area contributed by atoms with Crippen LogP contribution in [-0.2, 0) is 11.3 Å². The highest BCUT2D eigenvalue weighted by atomic mass is 32.1. The molecule has 2 atom stereocenters. The highest BCUT2D eigenvalue weighted by molar-refractivity contribution is 7.17. The molecule has 3 heterocycles. The molecular formula is C23H20FN3O3S. The number of aromatic nitrogens is 2. The fourth-order valence-electron chi connectivity index (χ4n) is 3.59. The molecule has 158 valence electrons. The molecule has 0 radical (unpaired) electrons. The van der Waals surface area contributed by atoms with E-state index in [0.29, 0.717) is 18.0 Å². The topological polar surface area (TPSA) is 64.9 Å². The van der Waals surface area contributed by atoms with Crippen molar-refractivity contribution in [2.45, 2.75) is 32.6 Å². The Morgan fingerprint density at radius 2 is 1.87 bits per heavy atom. The van der Waals surface area contributed by atoms with Gasteiger partial charge in [-0.1, -0.05) is 23.5 Å². The predicted octanol–water partition coefficient (Wildman–Crippen LogP) is 4.36. The van der Waals surface area contributed by atoms with E-state index in [4.69, 9.17) is 9.47 Å². The minimum atomic E-state index is -0.718. The van der Waals surface area contributed by atoms with E-state index >= 15 is 0 Å². The number of fused-ring (bicyclic) bond motifs is 2. The van der Waals surface area contributed by atoms with Gasteiger partial charge in [0.05, 0.1) is 12.2 Å². The van der Waals surface area contributed by atoms with Crippen molar-refractivity contribution in [3.8, 4) is 22.8 Å². The number of aryl methyl sites for hydroxylation is 1. The largest absolute Gasteiger partial charge is 0.482 e. The normalized spacial score (nSPS) is 17.6. The maximum Gasteiger partial charge on any atom is 0.265 e. The Bertz CT molecular complexity index is 1270. The molecule has 8 heteroatoms. The Morgan fingerprint density at radius 3 is 2.58 bits per heavy atom. The van der Waals surface area contributed by atoms with Crippen molar-refractivity contribution in [1.82, 2.24) is 14.7 Å². The molecule has 2 aromatic carbocycles. The molecule has 1 aliphatic rings. The standard InChI is InChI=1S/C23H20FN3O3S/c1-13-20(31-23-26-17(12-27(13)23)15-7-9-16(24)10-8-15)11-25-22(28)21-14(2)29-18-5-3-4-6-19(18)30-21/h3-10,12,14,21H,11H2,1-2H3,(H,25,28)/t14-,21-/m0/s1. The predicted molar refractivity (Wildman–Crippen MR) is 116 cm³/mol. The summed E-state index contributed by atoms with van der Waals surface area (Å²) in [6, 6.07) is 13.6. The molecule has 4 aromatic rings. The van der Waals surface area contributed by atoms with Gasteiger partial charge >= 0.3 is 0 Å². The van der Waals surface area contributed by atoms with Gasteiger partial charge < -0.3 is 14.8 Å². The average molecular weight is 437 g/mol. The van der Waals surface area contributed by atoms with Crippen molar-refractivity contribution < 1.29 is 18.7 Å². The van der Waals surface area contributed by atoms with Crippen LogP contribution in [0.1, 0.15) is 17.5 Å². The number of imidazole rings is 1. The Hall–Kier alpha value is -3.39. The number of hydrogen-bond donors (Lipinski definition) is 1. The zero-order valence-electron chi connectivity index (χ0n) is 17.0. The zero-order chi connectivity index (χ0) is 21.5. The van der Waals surface area contributed by atoms with Crippen LogP contribution in [0.25, 0.3) is 16.2 Å². The molecule has 0 fully saturated rings. The summed E-state index contributed by atoms with van der Waals surface area (Å²) >= 11 is 1.51. The van der Waals surface area contributed by atoms with Crippen LogP contribution in [0.2, 0.25) is 0 Å². The van der Waals surface area contributed by atoms with Gasteiger partial charge in [-0.2, -0.15) is 0 Å². The second-order valence-corrected chi connectivity index (χ2v) is 8.48. The van der Waals surface area contributed by atoms with Gasteiger partial charge in [-0.25, -0.2) is 9.37 Å². The third kappa shape index (κ3) is 3.63. The van der Waals surface area contributed by atoms with E-state index in [9.17, 15) is 9.18 Å². The number of rotatable bonds is 4. The number of hydrogen-bond acceptors (Lipinski definition) is 5. The number of nitrogens with one attached hydrogen (secondary N) is 1. The van der Waals surface area contributed by atoms with Crippen LogP contribution >= 0.6 is 11.3 Å². The lowest BCUT2D eigenvalue weighted by atomic mass is 10.1. The van der Waals surface area contributed by atoms with Gasteiger partial charge in [0, 0.05) is 22.3 Å². The third-order valence-corrected chi connectivity index (χ3v) is 6.47. The maximum absolute atomic E-state index is 13.2. The van der Waals surface area contributed by atoms with Gasteiger partial charge in [0.1, 0.15) is 11.9 Å². The van der Waals surface area contributed by atoms with Crippen molar-refractivity contribution >= 4 is 22.2 Å². The highest BCUT2D eigenvalue weighted by Gasteiger charge is 2.34. The molecule has 5 rings (SSSR count). The lowest BCUT2D eigenvalue weighted by Crippen LogP contribution is -2.48. The number of para-hydroxylation sites is 2. The van der Waals surface area contributed by atoms with Gasteiger partial charge in [0.25, 0.3) is 5.91 Å². The van der Waals surface area contributed by atoms with Crippen molar-refractivity contribution in [2.24, 2.45) is 0 Å². The molecule has 6 nitrogen and oxygen atoms in total. The summed E-state index contributed by atoms with van der Waals surface area (Å²) in [6.45, 7) is 4.18. The van der Waals surface area contributed by atoms with E-state index < -0.39 is 12.2 Å². The SMILES string of the molecule is Cc1c(CNC(=O)[C@H]2Oc3ccccc3O[C@H]2C)sc2nc(-c3ccc(F)cc3)cn12. The number of benzene rings is 2. The van der Waals surface area contributed by atoms with Crippen LogP contribution in [0, 0.1) is 12.7 Å². The number of carbonyl (C=O) groups excluding carboxylic acids is 1. The van der Waals surface area contributed by atoms with Gasteiger partial charge in [-0.05, 0) is 50.2 Å². The first-order valence-corrected chi connectivity index (χ1v) is 10.7. The van der Waals surface area contributed by atoms with E-state index in [-0.39, 0.29) is 11.7 Å². The van der Waals surface area contributed by atoms with Crippen LogP contribution in [0.3, 0.4) is 0 Å². The van der Waals surface area contributed by atoms with Crippen molar-refractivity contribution in [2.75, 3.05) is 0 Å².